The SMILES string of the molecule is CCCCC1(CC)CS(=O)(=O)c2cc(O)ccc2C(c2ccccc2)N1. The van der Waals surface area contributed by atoms with Crippen molar-refractivity contribution < 1.29 is 13.5 Å². The Balaban J connectivity index is 2.20. The van der Waals surface area contributed by atoms with E-state index in [2.05, 4.69) is 12.2 Å². The minimum atomic E-state index is -3.51. The lowest BCUT2D eigenvalue weighted by molar-refractivity contribution is 0.295. The first-order valence-corrected chi connectivity index (χ1v) is 10.9. The van der Waals surface area contributed by atoms with Crippen LogP contribution >= 0.6 is 0 Å². The Morgan fingerprint density at radius 2 is 1.88 bits per heavy atom. The average molecular weight is 374 g/mol. The third-order valence-corrected chi connectivity index (χ3v) is 7.33. The lowest BCUT2D eigenvalue weighted by atomic mass is 9.88. The van der Waals surface area contributed by atoms with Crippen LogP contribution in [0, 0.1) is 0 Å². The van der Waals surface area contributed by atoms with Gasteiger partial charge in [0.05, 0.1) is 16.7 Å². The Hall–Kier alpha value is -1.85. The zero-order valence-electron chi connectivity index (χ0n) is 15.4. The molecule has 5 heteroatoms. The van der Waals surface area contributed by atoms with Gasteiger partial charge >= 0.3 is 0 Å². The highest BCUT2D eigenvalue weighted by Gasteiger charge is 2.41. The first kappa shape index (κ1) is 18.9. The third kappa shape index (κ3) is 3.64. The van der Waals surface area contributed by atoms with Gasteiger partial charge in [-0.2, -0.15) is 0 Å². The summed E-state index contributed by atoms with van der Waals surface area (Å²) in [5, 5.41) is 13.6. The summed E-state index contributed by atoms with van der Waals surface area (Å²) >= 11 is 0. The summed E-state index contributed by atoms with van der Waals surface area (Å²) in [5.74, 6) is 0.0349. The van der Waals surface area contributed by atoms with Gasteiger partial charge in [0.25, 0.3) is 0 Å². The Kier molecular flexibility index (Phi) is 5.39. The van der Waals surface area contributed by atoms with Crippen molar-refractivity contribution >= 4 is 9.84 Å². The van der Waals surface area contributed by atoms with E-state index in [4.69, 9.17) is 0 Å². The van der Waals surface area contributed by atoms with Gasteiger partial charge in [0.2, 0.25) is 0 Å². The summed E-state index contributed by atoms with van der Waals surface area (Å²) in [5.41, 5.74) is 1.26. The van der Waals surface area contributed by atoms with Gasteiger partial charge < -0.3 is 5.11 Å². The fraction of sp³-hybridized carbons (Fsp3) is 0.429. The normalized spacial score (nSPS) is 24.6. The van der Waals surface area contributed by atoms with Gasteiger partial charge in [-0.1, -0.05) is 63.1 Å². The standard InChI is InChI=1S/C21H27NO3S/c1-3-5-13-21(4-2)15-26(24,25)19-14-17(23)11-12-18(19)20(22-21)16-9-7-6-8-10-16/h6-12,14,20,22-23H,3-5,13,15H2,1-2H3. The molecule has 0 aromatic heterocycles. The summed E-state index contributed by atoms with van der Waals surface area (Å²) in [7, 11) is -3.51. The highest BCUT2D eigenvalue weighted by atomic mass is 32.2. The van der Waals surface area contributed by atoms with Crippen LogP contribution in [0.4, 0.5) is 0 Å². The van der Waals surface area contributed by atoms with Crippen LogP contribution in [0.25, 0.3) is 0 Å². The molecule has 26 heavy (non-hydrogen) atoms. The average Bonchev–Trinajstić information content (AvgIpc) is 2.74. The molecule has 0 radical (unpaired) electrons. The van der Waals surface area contributed by atoms with E-state index in [0.29, 0.717) is 5.56 Å². The van der Waals surface area contributed by atoms with Crippen molar-refractivity contribution in [2.75, 3.05) is 5.75 Å². The number of hydrogen-bond acceptors (Lipinski definition) is 4. The number of hydrogen-bond donors (Lipinski definition) is 2. The second-order valence-electron chi connectivity index (χ2n) is 7.21. The molecule has 2 aromatic rings. The highest BCUT2D eigenvalue weighted by molar-refractivity contribution is 7.91. The molecule has 0 bridgehead atoms. The summed E-state index contributed by atoms with van der Waals surface area (Å²) in [6.07, 6.45) is 3.53. The molecule has 1 aliphatic heterocycles. The van der Waals surface area contributed by atoms with Crippen molar-refractivity contribution in [1.29, 1.82) is 0 Å². The van der Waals surface area contributed by atoms with E-state index in [1.165, 1.54) is 6.07 Å². The third-order valence-electron chi connectivity index (χ3n) is 5.38. The Morgan fingerprint density at radius 3 is 2.54 bits per heavy atom. The van der Waals surface area contributed by atoms with Crippen molar-refractivity contribution in [1.82, 2.24) is 5.32 Å². The van der Waals surface area contributed by atoms with Crippen molar-refractivity contribution in [2.24, 2.45) is 0 Å². The number of aromatic hydroxyl groups is 1. The number of rotatable bonds is 5. The zero-order valence-corrected chi connectivity index (χ0v) is 16.2. The van der Waals surface area contributed by atoms with Gasteiger partial charge in [-0.05, 0) is 36.1 Å². The maximum absolute atomic E-state index is 13.2. The van der Waals surface area contributed by atoms with Crippen LogP contribution in [-0.4, -0.2) is 24.8 Å². The van der Waals surface area contributed by atoms with Gasteiger partial charge in [-0.15, -0.1) is 0 Å². The number of fused-ring (bicyclic) bond motifs is 1. The lowest BCUT2D eigenvalue weighted by Gasteiger charge is -2.35. The second-order valence-corrected chi connectivity index (χ2v) is 9.16. The van der Waals surface area contributed by atoms with E-state index >= 15 is 0 Å². The van der Waals surface area contributed by atoms with Crippen LogP contribution in [0.5, 0.6) is 5.75 Å². The molecule has 0 spiro atoms. The molecule has 0 saturated carbocycles. The van der Waals surface area contributed by atoms with E-state index < -0.39 is 15.4 Å². The summed E-state index contributed by atoms with van der Waals surface area (Å²) in [6.45, 7) is 4.17. The zero-order chi connectivity index (χ0) is 18.8. The van der Waals surface area contributed by atoms with Crippen molar-refractivity contribution in [3.05, 3.63) is 59.7 Å². The van der Waals surface area contributed by atoms with Crippen molar-refractivity contribution in [3.63, 3.8) is 0 Å². The lowest BCUT2D eigenvalue weighted by Crippen LogP contribution is -2.50. The molecule has 0 aliphatic carbocycles. The fourth-order valence-electron chi connectivity index (χ4n) is 3.85. The molecular weight excluding hydrogens is 346 g/mol. The first-order valence-electron chi connectivity index (χ1n) is 9.29. The maximum Gasteiger partial charge on any atom is 0.180 e. The molecule has 1 heterocycles. The maximum atomic E-state index is 13.2. The number of sulfone groups is 1. The predicted molar refractivity (Wildman–Crippen MR) is 104 cm³/mol. The first-order chi connectivity index (χ1) is 12.4. The van der Waals surface area contributed by atoms with Gasteiger partial charge in [-0.3, -0.25) is 5.32 Å². The van der Waals surface area contributed by atoms with Crippen LogP contribution in [0.15, 0.2) is 53.4 Å². The Bertz CT molecular complexity index is 864. The van der Waals surface area contributed by atoms with Crippen LogP contribution in [-0.2, 0) is 9.84 Å². The van der Waals surface area contributed by atoms with Crippen molar-refractivity contribution in [2.45, 2.75) is 56.0 Å². The van der Waals surface area contributed by atoms with E-state index in [1.807, 2.05) is 37.3 Å². The monoisotopic (exact) mass is 373 g/mol. The van der Waals surface area contributed by atoms with Crippen LogP contribution in [0.3, 0.4) is 0 Å². The van der Waals surface area contributed by atoms with Gasteiger partial charge in [0.15, 0.2) is 9.84 Å². The molecule has 4 nitrogen and oxygen atoms in total. The molecule has 3 rings (SSSR count). The van der Waals surface area contributed by atoms with E-state index in [0.717, 1.165) is 31.2 Å². The van der Waals surface area contributed by atoms with Crippen LogP contribution in [0.1, 0.15) is 56.7 Å². The fourth-order valence-corrected chi connectivity index (χ4v) is 6.01. The molecule has 0 fully saturated rings. The molecule has 2 N–H and O–H groups in total. The number of phenolic OH excluding ortho intramolecular Hbond substituents is 1. The molecule has 1 aliphatic rings. The van der Waals surface area contributed by atoms with Crippen molar-refractivity contribution in [3.8, 4) is 5.75 Å². The number of benzene rings is 2. The summed E-state index contributed by atoms with van der Waals surface area (Å²) in [6, 6.07) is 14.4. The minimum Gasteiger partial charge on any atom is -0.508 e. The second kappa shape index (κ2) is 7.41. The predicted octanol–water partition coefficient (Wildman–Crippen LogP) is 4.20. The quantitative estimate of drug-likeness (QED) is 0.824. The molecular formula is C21H27NO3S. The molecule has 2 atom stereocenters. The number of unbranched alkanes of at least 4 members (excludes halogenated alkanes) is 1. The topological polar surface area (TPSA) is 66.4 Å². The number of phenols is 1. The van der Waals surface area contributed by atoms with Crippen LogP contribution in [0.2, 0.25) is 0 Å². The van der Waals surface area contributed by atoms with Crippen LogP contribution < -0.4 is 5.32 Å². The smallest absolute Gasteiger partial charge is 0.180 e. The largest absolute Gasteiger partial charge is 0.508 e. The number of nitrogens with one attached hydrogen (secondary N) is 1. The van der Waals surface area contributed by atoms with Gasteiger partial charge in [0, 0.05) is 5.54 Å². The summed E-state index contributed by atoms with van der Waals surface area (Å²) < 4.78 is 26.4. The molecule has 140 valence electrons. The Labute approximate surface area is 156 Å². The Morgan fingerprint density at radius 1 is 1.15 bits per heavy atom. The minimum absolute atomic E-state index is 0.0170. The molecule has 2 aromatic carbocycles. The highest BCUT2D eigenvalue weighted by Crippen LogP contribution is 2.39. The summed E-state index contributed by atoms with van der Waals surface area (Å²) in [4.78, 5) is 0.241. The molecule has 2 unspecified atom stereocenters. The molecule has 0 saturated heterocycles. The van der Waals surface area contributed by atoms with E-state index in [-0.39, 0.29) is 22.4 Å². The van der Waals surface area contributed by atoms with E-state index in [1.54, 1.807) is 12.1 Å². The van der Waals surface area contributed by atoms with Gasteiger partial charge in [0.1, 0.15) is 5.75 Å². The molecule has 0 amide bonds. The van der Waals surface area contributed by atoms with Gasteiger partial charge in [-0.25, -0.2) is 8.42 Å². The van der Waals surface area contributed by atoms with E-state index in [9.17, 15) is 13.5 Å².